The molecule has 0 saturated carbocycles. The predicted octanol–water partition coefficient (Wildman–Crippen LogP) is 4.32. The molecule has 2 rings (SSSR count). The second-order valence-corrected chi connectivity index (χ2v) is 6.07. The van der Waals surface area contributed by atoms with Gasteiger partial charge in [-0.1, -0.05) is 19.1 Å². The highest BCUT2D eigenvalue weighted by Crippen LogP contribution is 2.39. The molecule has 0 fully saturated rings. The van der Waals surface area contributed by atoms with Crippen LogP contribution in [0.1, 0.15) is 29.7 Å². The van der Waals surface area contributed by atoms with E-state index in [0.717, 1.165) is 23.4 Å². The highest BCUT2D eigenvalue weighted by molar-refractivity contribution is 7.16. The first-order chi connectivity index (χ1) is 10.4. The Hall–Kier alpha value is -1.60. The van der Waals surface area contributed by atoms with E-state index in [1.54, 1.807) is 13.1 Å². The number of halogens is 3. The molecule has 0 aliphatic carbocycles. The first-order valence-electron chi connectivity index (χ1n) is 6.93. The van der Waals surface area contributed by atoms with Gasteiger partial charge < -0.3 is 11.1 Å². The summed E-state index contributed by atoms with van der Waals surface area (Å²) in [4.78, 5) is 5.38. The summed E-state index contributed by atoms with van der Waals surface area (Å²) in [5.74, 6) is 0.147. The van der Waals surface area contributed by atoms with Gasteiger partial charge in [0.25, 0.3) is 0 Å². The number of hydrogen-bond acceptors (Lipinski definition) is 4. The lowest BCUT2D eigenvalue weighted by molar-refractivity contribution is -0.137. The highest BCUT2D eigenvalue weighted by Gasteiger charge is 2.31. The van der Waals surface area contributed by atoms with Crippen LogP contribution in [0.4, 0.5) is 18.3 Å². The molecule has 7 heteroatoms. The van der Waals surface area contributed by atoms with E-state index >= 15 is 0 Å². The van der Waals surface area contributed by atoms with Gasteiger partial charge in [0, 0.05) is 17.5 Å². The van der Waals surface area contributed by atoms with Crippen molar-refractivity contribution in [2.24, 2.45) is 5.73 Å². The van der Waals surface area contributed by atoms with Crippen molar-refractivity contribution < 1.29 is 13.2 Å². The molecule has 3 nitrogen and oxygen atoms in total. The molecule has 0 spiro atoms. The fourth-order valence-electron chi connectivity index (χ4n) is 2.20. The van der Waals surface area contributed by atoms with Crippen LogP contribution in [0, 0.1) is 0 Å². The summed E-state index contributed by atoms with van der Waals surface area (Å²) in [6.07, 6.45) is -3.60. The zero-order valence-electron chi connectivity index (χ0n) is 12.4. The second kappa shape index (κ2) is 6.66. The molecule has 2 aromatic rings. The van der Waals surface area contributed by atoms with Gasteiger partial charge in [-0.05, 0) is 31.0 Å². The summed E-state index contributed by atoms with van der Waals surface area (Å²) in [6.45, 7) is 2.53. The second-order valence-electron chi connectivity index (χ2n) is 5.04. The maximum Gasteiger partial charge on any atom is 0.416 e. The molecule has 0 amide bonds. The van der Waals surface area contributed by atoms with Gasteiger partial charge in [-0.15, -0.1) is 11.3 Å². The minimum atomic E-state index is -4.36. The topological polar surface area (TPSA) is 50.9 Å². The third kappa shape index (κ3) is 3.59. The molecule has 1 unspecified atom stereocenters. The molecule has 3 N–H and O–H groups in total. The summed E-state index contributed by atoms with van der Waals surface area (Å²) in [5.41, 5.74) is 6.01. The molecule has 0 radical (unpaired) electrons. The fourth-order valence-corrected chi connectivity index (χ4v) is 3.23. The first kappa shape index (κ1) is 16.8. The lowest BCUT2D eigenvalue weighted by atomic mass is 10.00. The Bertz CT molecular complexity index is 637. The molecule has 0 saturated heterocycles. The van der Waals surface area contributed by atoms with Crippen LogP contribution in [0.5, 0.6) is 0 Å². The van der Waals surface area contributed by atoms with Gasteiger partial charge >= 0.3 is 6.18 Å². The quantitative estimate of drug-likeness (QED) is 0.859. The first-order valence-corrected chi connectivity index (χ1v) is 7.74. The molecular formula is C15H18F3N3S. The summed E-state index contributed by atoms with van der Waals surface area (Å²) in [6, 6.07) is 5.28. The van der Waals surface area contributed by atoms with Crippen LogP contribution in [-0.4, -0.2) is 18.6 Å². The Morgan fingerprint density at radius 3 is 2.68 bits per heavy atom. The molecule has 0 aliphatic rings. The van der Waals surface area contributed by atoms with Gasteiger partial charge in [-0.25, -0.2) is 4.98 Å². The zero-order chi connectivity index (χ0) is 16.3. The lowest BCUT2D eigenvalue weighted by Gasteiger charge is -2.11. The SMILES string of the molecule is CNc1nc(-c2cccc(C(F)(F)F)c2)c(C(C)CCN)s1. The van der Waals surface area contributed by atoms with E-state index in [0.29, 0.717) is 22.9 Å². The standard InChI is InChI=1S/C15H18F3N3S/c1-9(6-7-19)13-12(21-14(20-2)22-13)10-4-3-5-11(8-10)15(16,17)18/h3-5,8-9H,6-7,19H2,1-2H3,(H,20,21). The Labute approximate surface area is 131 Å². The average Bonchev–Trinajstić information content (AvgIpc) is 2.91. The van der Waals surface area contributed by atoms with Crippen molar-refractivity contribution in [3.05, 3.63) is 34.7 Å². The monoisotopic (exact) mass is 329 g/mol. The van der Waals surface area contributed by atoms with Crippen molar-refractivity contribution in [1.29, 1.82) is 0 Å². The van der Waals surface area contributed by atoms with Gasteiger partial charge in [0.1, 0.15) is 0 Å². The minimum Gasteiger partial charge on any atom is -0.365 e. The maximum atomic E-state index is 12.9. The minimum absolute atomic E-state index is 0.147. The third-order valence-corrected chi connectivity index (χ3v) is 4.68. The number of benzene rings is 1. The van der Waals surface area contributed by atoms with E-state index in [4.69, 9.17) is 5.73 Å². The Morgan fingerprint density at radius 2 is 2.09 bits per heavy atom. The maximum absolute atomic E-state index is 12.9. The van der Waals surface area contributed by atoms with Crippen LogP contribution < -0.4 is 11.1 Å². The van der Waals surface area contributed by atoms with Gasteiger partial charge in [0.2, 0.25) is 0 Å². The predicted molar refractivity (Wildman–Crippen MR) is 84.2 cm³/mol. The van der Waals surface area contributed by atoms with Crippen molar-refractivity contribution in [1.82, 2.24) is 4.98 Å². The summed E-state index contributed by atoms with van der Waals surface area (Å²) in [7, 11) is 1.74. The normalized spacial score (nSPS) is 13.2. The number of aromatic nitrogens is 1. The average molecular weight is 329 g/mol. The number of hydrogen-bond donors (Lipinski definition) is 2. The molecule has 1 aromatic carbocycles. The molecule has 22 heavy (non-hydrogen) atoms. The fraction of sp³-hybridized carbons (Fsp3) is 0.400. The summed E-state index contributed by atoms with van der Waals surface area (Å²) < 4.78 is 38.7. The Morgan fingerprint density at radius 1 is 1.36 bits per heavy atom. The summed E-state index contributed by atoms with van der Waals surface area (Å²) in [5, 5.41) is 3.64. The molecular weight excluding hydrogens is 311 g/mol. The lowest BCUT2D eigenvalue weighted by Crippen LogP contribution is -2.06. The smallest absolute Gasteiger partial charge is 0.365 e. The number of alkyl halides is 3. The molecule has 1 aromatic heterocycles. The zero-order valence-corrected chi connectivity index (χ0v) is 13.2. The van der Waals surface area contributed by atoms with E-state index in [9.17, 15) is 13.2 Å². The number of anilines is 1. The van der Waals surface area contributed by atoms with Gasteiger partial charge in [0.05, 0.1) is 11.3 Å². The van der Waals surface area contributed by atoms with Gasteiger partial charge in [-0.2, -0.15) is 13.2 Å². The Kier molecular flexibility index (Phi) is 5.08. The largest absolute Gasteiger partial charge is 0.416 e. The molecule has 0 bridgehead atoms. The van der Waals surface area contributed by atoms with E-state index in [-0.39, 0.29) is 5.92 Å². The van der Waals surface area contributed by atoms with Gasteiger partial charge in [0.15, 0.2) is 5.13 Å². The van der Waals surface area contributed by atoms with Crippen molar-refractivity contribution in [3.8, 4) is 11.3 Å². The number of nitrogens with two attached hydrogens (primary N) is 1. The van der Waals surface area contributed by atoms with Crippen LogP contribution >= 0.6 is 11.3 Å². The van der Waals surface area contributed by atoms with Gasteiger partial charge in [-0.3, -0.25) is 0 Å². The van der Waals surface area contributed by atoms with E-state index in [2.05, 4.69) is 10.3 Å². The number of rotatable bonds is 5. The molecule has 120 valence electrons. The van der Waals surface area contributed by atoms with Crippen LogP contribution in [0.3, 0.4) is 0 Å². The van der Waals surface area contributed by atoms with Crippen LogP contribution in [-0.2, 0) is 6.18 Å². The molecule has 1 heterocycles. The van der Waals surface area contributed by atoms with Crippen molar-refractivity contribution in [2.45, 2.75) is 25.4 Å². The highest BCUT2D eigenvalue weighted by atomic mass is 32.1. The number of nitrogens with zero attached hydrogens (tertiary/aromatic N) is 1. The van der Waals surface area contributed by atoms with E-state index in [1.807, 2.05) is 6.92 Å². The molecule has 0 aliphatic heterocycles. The number of nitrogens with one attached hydrogen (secondary N) is 1. The van der Waals surface area contributed by atoms with Crippen molar-refractivity contribution in [2.75, 3.05) is 18.9 Å². The third-order valence-electron chi connectivity index (χ3n) is 3.38. The van der Waals surface area contributed by atoms with Crippen molar-refractivity contribution in [3.63, 3.8) is 0 Å². The van der Waals surface area contributed by atoms with Crippen LogP contribution in [0.15, 0.2) is 24.3 Å². The molecule has 1 atom stereocenters. The van der Waals surface area contributed by atoms with Crippen LogP contribution in [0.25, 0.3) is 11.3 Å². The van der Waals surface area contributed by atoms with E-state index < -0.39 is 11.7 Å². The van der Waals surface area contributed by atoms with E-state index in [1.165, 1.54) is 17.4 Å². The van der Waals surface area contributed by atoms with Crippen molar-refractivity contribution >= 4 is 16.5 Å². The van der Waals surface area contributed by atoms with Crippen LogP contribution in [0.2, 0.25) is 0 Å². The summed E-state index contributed by atoms with van der Waals surface area (Å²) >= 11 is 1.46. The number of thiazole rings is 1. The Balaban J connectivity index is 2.49.